The van der Waals surface area contributed by atoms with Crippen molar-refractivity contribution in [2.75, 3.05) is 18.0 Å². The number of ether oxygens (including phenoxy) is 1. The van der Waals surface area contributed by atoms with Gasteiger partial charge in [-0.05, 0) is 33.1 Å². The van der Waals surface area contributed by atoms with Crippen LogP contribution in [0.25, 0.3) is 0 Å². The molecule has 0 atom stereocenters. The largest absolute Gasteiger partial charge is 0.461 e. The zero-order chi connectivity index (χ0) is 12.3. The zero-order valence-corrected chi connectivity index (χ0v) is 11.1. The molecule has 1 aliphatic rings. The molecule has 94 valence electrons. The number of nitrogens with zero attached hydrogens (tertiary/aromatic N) is 3. The zero-order valence-electron chi connectivity index (χ0n) is 10.3. The van der Waals surface area contributed by atoms with E-state index in [-0.39, 0.29) is 6.10 Å². The quantitative estimate of drug-likeness (QED) is 0.779. The van der Waals surface area contributed by atoms with Gasteiger partial charge in [0, 0.05) is 19.2 Å². The molecule has 0 amide bonds. The molecule has 1 aliphatic heterocycles. The van der Waals surface area contributed by atoms with E-state index in [1.807, 2.05) is 13.8 Å². The van der Waals surface area contributed by atoms with Gasteiger partial charge in [0.2, 0.25) is 0 Å². The Morgan fingerprint density at radius 3 is 2.59 bits per heavy atom. The van der Waals surface area contributed by atoms with Gasteiger partial charge in [0.15, 0.2) is 0 Å². The molecule has 0 radical (unpaired) electrons. The first-order valence-electron chi connectivity index (χ1n) is 6.11. The summed E-state index contributed by atoms with van der Waals surface area (Å²) >= 11 is 5.99. The first kappa shape index (κ1) is 12.4. The second kappa shape index (κ2) is 5.54. The Morgan fingerprint density at radius 2 is 1.94 bits per heavy atom. The van der Waals surface area contributed by atoms with Crippen LogP contribution in [0.15, 0.2) is 6.07 Å². The second-order valence-corrected chi connectivity index (χ2v) is 4.93. The number of piperidine rings is 1. The van der Waals surface area contributed by atoms with Gasteiger partial charge >= 0.3 is 6.01 Å². The molecular weight excluding hydrogens is 238 g/mol. The van der Waals surface area contributed by atoms with Gasteiger partial charge in [-0.15, -0.1) is 0 Å². The van der Waals surface area contributed by atoms with Crippen molar-refractivity contribution < 1.29 is 4.74 Å². The van der Waals surface area contributed by atoms with E-state index in [2.05, 4.69) is 14.9 Å². The van der Waals surface area contributed by atoms with Crippen LogP contribution in [-0.4, -0.2) is 29.2 Å². The van der Waals surface area contributed by atoms with Gasteiger partial charge in [0.25, 0.3) is 0 Å². The SMILES string of the molecule is CC(C)Oc1nc(Cl)cc(N2CCCCC2)n1. The lowest BCUT2D eigenvalue weighted by atomic mass is 10.1. The lowest BCUT2D eigenvalue weighted by Crippen LogP contribution is -2.30. The number of rotatable bonds is 3. The van der Waals surface area contributed by atoms with Gasteiger partial charge in [0.1, 0.15) is 11.0 Å². The summed E-state index contributed by atoms with van der Waals surface area (Å²) in [4.78, 5) is 10.7. The smallest absolute Gasteiger partial charge is 0.320 e. The molecule has 17 heavy (non-hydrogen) atoms. The van der Waals surface area contributed by atoms with E-state index in [0.29, 0.717) is 11.2 Å². The molecule has 1 aromatic heterocycles. The summed E-state index contributed by atoms with van der Waals surface area (Å²) in [6.45, 7) is 5.97. The second-order valence-electron chi connectivity index (χ2n) is 4.55. The van der Waals surface area contributed by atoms with Crippen LogP contribution >= 0.6 is 11.6 Å². The van der Waals surface area contributed by atoms with Crippen LogP contribution in [0.5, 0.6) is 6.01 Å². The summed E-state index contributed by atoms with van der Waals surface area (Å²) in [5.74, 6) is 0.875. The maximum Gasteiger partial charge on any atom is 0.320 e. The minimum Gasteiger partial charge on any atom is -0.461 e. The summed E-state index contributed by atoms with van der Waals surface area (Å²) in [7, 11) is 0. The third-order valence-electron chi connectivity index (χ3n) is 2.68. The summed E-state index contributed by atoms with van der Waals surface area (Å²) in [6.07, 6.45) is 3.77. The maximum atomic E-state index is 5.99. The monoisotopic (exact) mass is 255 g/mol. The Balaban J connectivity index is 2.18. The third-order valence-corrected chi connectivity index (χ3v) is 2.88. The number of halogens is 1. The summed E-state index contributed by atoms with van der Waals surface area (Å²) < 4.78 is 5.49. The molecule has 0 saturated carbocycles. The average Bonchev–Trinajstić information content (AvgIpc) is 2.28. The molecule has 0 aromatic carbocycles. The molecule has 1 aromatic rings. The molecule has 0 aliphatic carbocycles. The van der Waals surface area contributed by atoms with Crippen LogP contribution in [0.4, 0.5) is 5.82 Å². The first-order chi connectivity index (χ1) is 8.15. The lowest BCUT2D eigenvalue weighted by Gasteiger charge is -2.27. The molecule has 0 spiro atoms. The van der Waals surface area contributed by atoms with E-state index in [1.165, 1.54) is 19.3 Å². The van der Waals surface area contributed by atoms with Crippen LogP contribution < -0.4 is 9.64 Å². The highest BCUT2D eigenvalue weighted by molar-refractivity contribution is 6.29. The van der Waals surface area contributed by atoms with Crippen LogP contribution in [0.3, 0.4) is 0 Å². The Hall–Kier alpha value is -1.03. The van der Waals surface area contributed by atoms with Crippen molar-refractivity contribution in [2.24, 2.45) is 0 Å². The predicted octanol–water partition coefficient (Wildman–Crippen LogP) is 2.91. The normalized spacial score (nSPS) is 16.4. The Kier molecular flexibility index (Phi) is 4.05. The molecular formula is C12H18ClN3O. The highest BCUT2D eigenvalue weighted by Crippen LogP contribution is 2.22. The van der Waals surface area contributed by atoms with Gasteiger partial charge in [0.05, 0.1) is 6.10 Å². The molecule has 2 rings (SSSR count). The first-order valence-corrected chi connectivity index (χ1v) is 6.49. The van der Waals surface area contributed by atoms with Crippen LogP contribution in [0.1, 0.15) is 33.1 Å². The van der Waals surface area contributed by atoms with Gasteiger partial charge in [-0.1, -0.05) is 11.6 Å². The van der Waals surface area contributed by atoms with E-state index < -0.39 is 0 Å². The summed E-state index contributed by atoms with van der Waals surface area (Å²) in [5, 5.41) is 0.441. The highest BCUT2D eigenvalue weighted by atomic mass is 35.5. The number of hydrogen-bond donors (Lipinski definition) is 0. The van der Waals surface area contributed by atoms with E-state index in [9.17, 15) is 0 Å². The molecule has 2 heterocycles. The maximum absolute atomic E-state index is 5.99. The fourth-order valence-corrected chi connectivity index (χ4v) is 2.10. The molecule has 4 nitrogen and oxygen atoms in total. The molecule has 5 heteroatoms. The van der Waals surface area contributed by atoms with Gasteiger partial charge in [-0.2, -0.15) is 9.97 Å². The standard InChI is InChI=1S/C12H18ClN3O/c1-9(2)17-12-14-10(13)8-11(15-12)16-6-4-3-5-7-16/h8-9H,3-7H2,1-2H3. The molecule has 1 fully saturated rings. The van der Waals surface area contributed by atoms with Crippen molar-refractivity contribution in [3.63, 3.8) is 0 Å². The van der Waals surface area contributed by atoms with Crippen molar-refractivity contribution in [2.45, 2.75) is 39.2 Å². The van der Waals surface area contributed by atoms with Gasteiger partial charge in [-0.3, -0.25) is 0 Å². The minimum absolute atomic E-state index is 0.0580. The van der Waals surface area contributed by atoms with E-state index >= 15 is 0 Å². The van der Waals surface area contributed by atoms with E-state index in [1.54, 1.807) is 6.07 Å². The van der Waals surface area contributed by atoms with E-state index in [0.717, 1.165) is 18.9 Å². The fourth-order valence-electron chi connectivity index (χ4n) is 1.93. The molecule has 0 N–H and O–H groups in total. The van der Waals surface area contributed by atoms with Crippen molar-refractivity contribution in [1.29, 1.82) is 0 Å². The predicted molar refractivity (Wildman–Crippen MR) is 68.9 cm³/mol. The average molecular weight is 256 g/mol. The van der Waals surface area contributed by atoms with Crippen LogP contribution in [0, 0.1) is 0 Å². The van der Waals surface area contributed by atoms with Gasteiger partial charge < -0.3 is 9.64 Å². The molecule has 0 unspecified atom stereocenters. The highest BCUT2D eigenvalue weighted by Gasteiger charge is 2.15. The van der Waals surface area contributed by atoms with Crippen molar-refractivity contribution in [3.8, 4) is 6.01 Å². The minimum atomic E-state index is 0.0580. The van der Waals surface area contributed by atoms with Crippen molar-refractivity contribution in [1.82, 2.24) is 9.97 Å². The Morgan fingerprint density at radius 1 is 1.24 bits per heavy atom. The van der Waals surface area contributed by atoms with Crippen LogP contribution in [-0.2, 0) is 0 Å². The number of anilines is 1. The Bertz CT molecular complexity index is 378. The number of hydrogen-bond acceptors (Lipinski definition) is 4. The Labute approximate surface area is 107 Å². The topological polar surface area (TPSA) is 38.2 Å². The van der Waals surface area contributed by atoms with E-state index in [4.69, 9.17) is 16.3 Å². The lowest BCUT2D eigenvalue weighted by molar-refractivity contribution is 0.222. The molecule has 1 saturated heterocycles. The summed E-state index contributed by atoms with van der Waals surface area (Å²) in [6, 6.07) is 2.17. The van der Waals surface area contributed by atoms with Crippen LogP contribution in [0.2, 0.25) is 5.15 Å². The van der Waals surface area contributed by atoms with Gasteiger partial charge in [-0.25, -0.2) is 0 Å². The fraction of sp³-hybridized carbons (Fsp3) is 0.667. The van der Waals surface area contributed by atoms with Crippen molar-refractivity contribution in [3.05, 3.63) is 11.2 Å². The molecule has 0 bridgehead atoms. The third kappa shape index (κ3) is 3.46. The number of aromatic nitrogens is 2. The van der Waals surface area contributed by atoms with Crippen molar-refractivity contribution >= 4 is 17.4 Å². The summed E-state index contributed by atoms with van der Waals surface area (Å²) in [5.41, 5.74) is 0.